The van der Waals surface area contributed by atoms with Gasteiger partial charge in [0.05, 0.1) is 18.5 Å². The van der Waals surface area contributed by atoms with E-state index in [0.717, 1.165) is 12.8 Å². The summed E-state index contributed by atoms with van der Waals surface area (Å²) >= 11 is 0. The summed E-state index contributed by atoms with van der Waals surface area (Å²) in [5.74, 6) is 1.47. The van der Waals surface area contributed by atoms with Gasteiger partial charge in [-0.3, -0.25) is 4.98 Å². The molecule has 0 radical (unpaired) electrons. The molecule has 1 atom stereocenters. The molecule has 0 spiro atoms. The maximum absolute atomic E-state index is 9.58. The fraction of sp³-hybridized carbons (Fsp3) is 0.556. The lowest BCUT2D eigenvalue weighted by Crippen LogP contribution is -2.21. The van der Waals surface area contributed by atoms with Gasteiger partial charge >= 0.3 is 0 Å². The van der Waals surface area contributed by atoms with Gasteiger partial charge in [-0.05, 0) is 18.8 Å². The van der Waals surface area contributed by atoms with Crippen LogP contribution in [0.15, 0.2) is 12.4 Å². The first-order valence-corrected chi connectivity index (χ1v) is 4.75. The second-order valence-electron chi connectivity index (χ2n) is 3.61. The number of hydrogen-bond acceptors (Lipinski definition) is 5. The molecule has 1 fully saturated rings. The third-order valence-electron chi connectivity index (χ3n) is 2.31. The van der Waals surface area contributed by atoms with Crippen molar-refractivity contribution in [1.82, 2.24) is 9.97 Å². The number of hydrogen-bond donors (Lipinski definition) is 3. The van der Waals surface area contributed by atoms with Gasteiger partial charge in [-0.1, -0.05) is 0 Å². The van der Waals surface area contributed by atoms with E-state index in [9.17, 15) is 5.11 Å². The Hall–Kier alpha value is -1.36. The number of nitrogens with zero attached hydrogens (tertiary/aromatic N) is 2. The standard InChI is InChI=1S/C9H14N4O/c10-8-4-11-5-9(13-8)12-3-7(14)6-1-2-6/h4-7,14H,1-3H2,(H3,10,12,13). The molecule has 1 saturated carbocycles. The summed E-state index contributed by atoms with van der Waals surface area (Å²) in [7, 11) is 0. The first-order chi connectivity index (χ1) is 6.75. The van der Waals surface area contributed by atoms with E-state index in [4.69, 9.17) is 5.73 Å². The Bertz CT molecular complexity index is 313. The minimum Gasteiger partial charge on any atom is -0.391 e. The predicted molar refractivity (Wildman–Crippen MR) is 53.7 cm³/mol. The molecule has 1 unspecified atom stereocenters. The largest absolute Gasteiger partial charge is 0.391 e. The van der Waals surface area contributed by atoms with E-state index in [1.807, 2.05) is 0 Å². The fourth-order valence-electron chi connectivity index (χ4n) is 1.32. The van der Waals surface area contributed by atoms with Crippen LogP contribution in [0.1, 0.15) is 12.8 Å². The summed E-state index contributed by atoms with van der Waals surface area (Å²) < 4.78 is 0. The monoisotopic (exact) mass is 194 g/mol. The zero-order chi connectivity index (χ0) is 9.97. The van der Waals surface area contributed by atoms with Gasteiger partial charge in [0, 0.05) is 6.54 Å². The van der Waals surface area contributed by atoms with Gasteiger partial charge in [-0.2, -0.15) is 0 Å². The average molecular weight is 194 g/mol. The highest BCUT2D eigenvalue weighted by atomic mass is 16.3. The Labute approximate surface area is 82.4 Å². The lowest BCUT2D eigenvalue weighted by atomic mass is 10.2. The van der Waals surface area contributed by atoms with Crippen molar-refractivity contribution in [1.29, 1.82) is 0 Å². The van der Waals surface area contributed by atoms with Crippen LogP contribution < -0.4 is 11.1 Å². The van der Waals surface area contributed by atoms with E-state index in [0.29, 0.717) is 24.1 Å². The molecule has 1 aliphatic carbocycles. The summed E-state index contributed by atoms with van der Waals surface area (Å²) in [5.41, 5.74) is 5.46. The van der Waals surface area contributed by atoms with Gasteiger partial charge in [0.2, 0.25) is 0 Å². The molecule has 1 heterocycles. The third kappa shape index (κ3) is 2.32. The summed E-state index contributed by atoms with van der Waals surface area (Å²) in [4.78, 5) is 7.91. The number of aliphatic hydroxyl groups is 1. The highest BCUT2D eigenvalue weighted by Crippen LogP contribution is 2.32. The number of nitrogens with one attached hydrogen (secondary N) is 1. The van der Waals surface area contributed by atoms with E-state index in [1.54, 1.807) is 6.20 Å². The molecule has 0 saturated heterocycles. The number of rotatable bonds is 4. The molecular weight excluding hydrogens is 180 g/mol. The molecule has 1 aliphatic rings. The van der Waals surface area contributed by atoms with Gasteiger partial charge in [0.15, 0.2) is 0 Å². The summed E-state index contributed by atoms with van der Waals surface area (Å²) in [6.45, 7) is 0.517. The van der Waals surface area contributed by atoms with Crippen LogP contribution in [0.5, 0.6) is 0 Å². The van der Waals surface area contributed by atoms with E-state index < -0.39 is 0 Å². The normalized spacial score (nSPS) is 17.8. The fourth-order valence-corrected chi connectivity index (χ4v) is 1.32. The molecule has 5 heteroatoms. The van der Waals surface area contributed by atoms with Gasteiger partial charge < -0.3 is 16.2 Å². The van der Waals surface area contributed by atoms with Crippen LogP contribution in [-0.4, -0.2) is 27.7 Å². The van der Waals surface area contributed by atoms with E-state index >= 15 is 0 Å². The highest BCUT2D eigenvalue weighted by molar-refractivity contribution is 5.38. The molecule has 0 aliphatic heterocycles. The number of nitrogen functional groups attached to an aromatic ring is 1. The molecular formula is C9H14N4O. The second kappa shape index (κ2) is 3.79. The second-order valence-corrected chi connectivity index (χ2v) is 3.61. The number of anilines is 2. The first-order valence-electron chi connectivity index (χ1n) is 4.75. The van der Waals surface area contributed by atoms with Crippen molar-refractivity contribution in [2.75, 3.05) is 17.6 Å². The lowest BCUT2D eigenvalue weighted by Gasteiger charge is -2.10. The molecule has 2 rings (SSSR count). The van der Waals surface area contributed by atoms with Crippen LogP contribution in [0.25, 0.3) is 0 Å². The quantitative estimate of drug-likeness (QED) is 0.639. The minimum absolute atomic E-state index is 0.279. The topological polar surface area (TPSA) is 84.1 Å². The van der Waals surface area contributed by atoms with Crippen molar-refractivity contribution in [3.8, 4) is 0 Å². The Kier molecular flexibility index (Phi) is 2.49. The molecule has 1 aromatic heterocycles. The third-order valence-corrected chi connectivity index (χ3v) is 2.31. The van der Waals surface area contributed by atoms with Gasteiger partial charge in [-0.15, -0.1) is 0 Å². The summed E-state index contributed by atoms with van der Waals surface area (Å²) in [5, 5.41) is 12.6. The van der Waals surface area contributed by atoms with Crippen molar-refractivity contribution in [2.45, 2.75) is 18.9 Å². The van der Waals surface area contributed by atoms with Crippen LogP contribution in [0.3, 0.4) is 0 Å². The predicted octanol–water partition coefficient (Wildman–Crippen LogP) is 0.242. The highest BCUT2D eigenvalue weighted by Gasteiger charge is 2.29. The maximum Gasteiger partial charge on any atom is 0.147 e. The number of nitrogens with two attached hydrogens (primary N) is 1. The maximum atomic E-state index is 9.58. The molecule has 0 aromatic carbocycles. The van der Waals surface area contributed by atoms with Crippen LogP contribution in [0, 0.1) is 5.92 Å². The van der Waals surface area contributed by atoms with Crippen LogP contribution in [-0.2, 0) is 0 Å². The van der Waals surface area contributed by atoms with E-state index in [-0.39, 0.29) is 6.10 Å². The SMILES string of the molecule is Nc1cncc(NCC(O)C2CC2)n1. The van der Waals surface area contributed by atoms with Crippen LogP contribution >= 0.6 is 0 Å². The zero-order valence-electron chi connectivity index (χ0n) is 7.85. The van der Waals surface area contributed by atoms with Gasteiger partial charge in [0.1, 0.15) is 11.6 Å². The van der Waals surface area contributed by atoms with E-state index in [1.165, 1.54) is 6.20 Å². The Morgan fingerprint density at radius 2 is 2.36 bits per heavy atom. The van der Waals surface area contributed by atoms with Gasteiger partial charge in [-0.25, -0.2) is 4.98 Å². The number of aromatic nitrogens is 2. The van der Waals surface area contributed by atoms with Crippen LogP contribution in [0.4, 0.5) is 11.6 Å². The summed E-state index contributed by atoms with van der Waals surface area (Å²) in [6, 6.07) is 0. The lowest BCUT2D eigenvalue weighted by molar-refractivity contribution is 0.164. The summed E-state index contributed by atoms with van der Waals surface area (Å²) in [6.07, 6.45) is 5.06. The molecule has 1 aromatic rings. The van der Waals surface area contributed by atoms with Gasteiger partial charge in [0.25, 0.3) is 0 Å². The Morgan fingerprint density at radius 3 is 3.00 bits per heavy atom. The van der Waals surface area contributed by atoms with Crippen molar-refractivity contribution >= 4 is 11.6 Å². The first kappa shape index (κ1) is 9.21. The molecule has 5 nitrogen and oxygen atoms in total. The molecule has 0 amide bonds. The van der Waals surface area contributed by atoms with Crippen molar-refractivity contribution in [3.05, 3.63) is 12.4 Å². The smallest absolute Gasteiger partial charge is 0.147 e. The Morgan fingerprint density at radius 1 is 1.57 bits per heavy atom. The van der Waals surface area contributed by atoms with Crippen molar-refractivity contribution < 1.29 is 5.11 Å². The molecule has 14 heavy (non-hydrogen) atoms. The van der Waals surface area contributed by atoms with E-state index in [2.05, 4.69) is 15.3 Å². The van der Waals surface area contributed by atoms with Crippen LogP contribution in [0.2, 0.25) is 0 Å². The average Bonchev–Trinajstić information content (AvgIpc) is 2.97. The van der Waals surface area contributed by atoms with Crippen molar-refractivity contribution in [3.63, 3.8) is 0 Å². The minimum atomic E-state index is -0.279. The zero-order valence-corrected chi connectivity index (χ0v) is 7.85. The molecule has 4 N–H and O–H groups in total. The van der Waals surface area contributed by atoms with Crippen molar-refractivity contribution in [2.24, 2.45) is 5.92 Å². The Balaban J connectivity index is 1.84. The number of aliphatic hydroxyl groups excluding tert-OH is 1. The molecule has 0 bridgehead atoms. The molecule has 76 valence electrons.